The monoisotopic (exact) mass is 300 g/mol. The van der Waals surface area contributed by atoms with Crippen molar-refractivity contribution in [2.45, 2.75) is 39.2 Å². The predicted molar refractivity (Wildman–Crippen MR) is 77.1 cm³/mol. The van der Waals surface area contributed by atoms with Crippen molar-refractivity contribution in [1.82, 2.24) is 5.32 Å². The second-order valence-electron chi connectivity index (χ2n) is 5.96. The number of ether oxygens (including phenoxy) is 1. The van der Waals surface area contributed by atoms with E-state index in [1.54, 1.807) is 27.7 Å². The molecule has 1 atom stereocenters. The molecule has 118 valence electrons. The van der Waals surface area contributed by atoms with Gasteiger partial charge in [0.25, 0.3) is 0 Å². The van der Waals surface area contributed by atoms with Gasteiger partial charge in [-0.2, -0.15) is 0 Å². The quantitative estimate of drug-likeness (QED) is 0.898. The predicted octanol–water partition coefficient (Wildman–Crippen LogP) is 2.84. The minimum Gasteiger partial charge on any atom is -0.444 e. The number of hydrogen-bond acceptors (Lipinski definition) is 3. The highest BCUT2D eigenvalue weighted by Gasteiger charge is 2.22. The lowest BCUT2D eigenvalue weighted by Crippen LogP contribution is -2.36. The van der Waals surface area contributed by atoms with Crippen LogP contribution in [0.1, 0.15) is 37.8 Å². The molecule has 0 aliphatic heterocycles. The van der Waals surface area contributed by atoms with Crippen LogP contribution >= 0.6 is 0 Å². The summed E-state index contributed by atoms with van der Waals surface area (Å²) < 4.78 is 32.9. The Labute approximate surface area is 123 Å². The van der Waals surface area contributed by atoms with E-state index in [4.69, 9.17) is 10.5 Å². The number of amides is 1. The maximum Gasteiger partial charge on any atom is 0.407 e. The molecule has 0 radical (unpaired) electrons. The summed E-state index contributed by atoms with van der Waals surface area (Å²) in [6.07, 6.45) is -0.645. The number of rotatable bonds is 4. The second-order valence-corrected chi connectivity index (χ2v) is 5.96. The average Bonchev–Trinajstić information content (AvgIpc) is 2.29. The van der Waals surface area contributed by atoms with E-state index in [-0.39, 0.29) is 18.7 Å². The van der Waals surface area contributed by atoms with Crippen LogP contribution < -0.4 is 11.1 Å². The summed E-state index contributed by atoms with van der Waals surface area (Å²) >= 11 is 0. The molecule has 3 N–H and O–H groups in total. The Morgan fingerprint density at radius 2 is 1.86 bits per heavy atom. The minimum absolute atomic E-state index is 0.00230. The lowest BCUT2D eigenvalue weighted by Gasteiger charge is -2.22. The van der Waals surface area contributed by atoms with Crippen LogP contribution in [0.4, 0.5) is 13.6 Å². The van der Waals surface area contributed by atoms with Gasteiger partial charge in [-0.3, -0.25) is 0 Å². The van der Waals surface area contributed by atoms with Gasteiger partial charge in [0.15, 0.2) is 0 Å². The van der Waals surface area contributed by atoms with Gasteiger partial charge in [0, 0.05) is 24.6 Å². The van der Waals surface area contributed by atoms with Crippen LogP contribution in [0, 0.1) is 18.6 Å². The molecule has 0 aliphatic rings. The van der Waals surface area contributed by atoms with Gasteiger partial charge in [-0.15, -0.1) is 0 Å². The van der Waals surface area contributed by atoms with Crippen molar-refractivity contribution in [3.05, 3.63) is 34.9 Å². The fraction of sp³-hybridized carbons (Fsp3) is 0.533. The van der Waals surface area contributed by atoms with Crippen molar-refractivity contribution in [2.24, 2.45) is 5.73 Å². The molecule has 0 aliphatic carbocycles. The minimum atomic E-state index is -0.658. The van der Waals surface area contributed by atoms with Gasteiger partial charge < -0.3 is 15.8 Å². The third kappa shape index (κ3) is 5.30. The highest BCUT2D eigenvalue weighted by atomic mass is 19.1. The lowest BCUT2D eigenvalue weighted by molar-refractivity contribution is 0.0524. The molecule has 1 aromatic carbocycles. The van der Waals surface area contributed by atoms with E-state index >= 15 is 0 Å². The first kappa shape index (κ1) is 17.4. The van der Waals surface area contributed by atoms with E-state index in [1.165, 1.54) is 12.1 Å². The molecule has 1 rings (SSSR count). The average molecular weight is 300 g/mol. The third-order valence-corrected chi connectivity index (χ3v) is 2.81. The summed E-state index contributed by atoms with van der Waals surface area (Å²) in [7, 11) is 0. The van der Waals surface area contributed by atoms with Crippen molar-refractivity contribution in [1.29, 1.82) is 0 Å². The Hall–Kier alpha value is -1.69. The Balaban J connectivity index is 2.79. The van der Waals surface area contributed by atoms with E-state index in [2.05, 4.69) is 5.32 Å². The zero-order valence-electron chi connectivity index (χ0n) is 12.8. The molecular weight excluding hydrogens is 278 g/mol. The largest absolute Gasteiger partial charge is 0.444 e. The smallest absolute Gasteiger partial charge is 0.407 e. The van der Waals surface area contributed by atoms with Crippen molar-refractivity contribution in [3.8, 4) is 0 Å². The van der Waals surface area contributed by atoms with Crippen molar-refractivity contribution < 1.29 is 18.3 Å². The number of carbonyl (C=O) groups excluding carboxylic acids is 1. The molecule has 4 nitrogen and oxygen atoms in total. The summed E-state index contributed by atoms with van der Waals surface area (Å²) in [4.78, 5) is 11.6. The van der Waals surface area contributed by atoms with Crippen molar-refractivity contribution in [3.63, 3.8) is 0 Å². The summed E-state index contributed by atoms with van der Waals surface area (Å²) in [5, 5.41) is 2.48. The first-order valence-electron chi connectivity index (χ1n) is 6.76. The molecule has 21 heavy (non-hydrogen) atoms. The van der Waals surface area contributed by atoms with Crippen LogP contribution in [0.3, 0.4) is 0 Å². The van der Waals surface area contributed by atoms with E-state index in [0.29, 0.717) is 5.56 Å². The molecule has 1 amide bonds. The molecular formula is C15H22F2N2O2. The number of nitrogens with one attached hydrogen (secondary N) is 1. The maximum absolute atomic E-state index is 13.9. The Bertz CT molecular complexity index is 490. The molecule has 0 heterocycles. The number of aryl methyl sites for hydroxylation is 1. The molecule has 0 aromatic heterocycles. The van der Waals surface area contributed by atoms with Gasteiger partial charge in [0.2, 0.25) is 0 Å². The van der Waals surface area contributed by atoms with Crippen LogP contribution in [0.5, 0.6) is 0 Å². The fourth-order valence-corrected chi connectivity index (χ4v) is 1.92. The summed E-state index contributed by atoms with van der Waals surface area (Å²) in [5.74, 6) is -1.97. The molecule has 0 saturated heterocycles. The van der Waals surface area contributed by atoms with Crippen LogP contribution in [-0.4, -0.2) is 24.8 Å². The number of benzene rings is 1. The molecule has 1 unspecified atom stereocenters. The number of hydrogen-bond donors (Lipinski definition) is 2. The SMILES string of the molecule is Cc1cc(F)c(C(CN)CNC(=O)OC(C)(C)C)c(F)c1. The van der Waals surface area contributed by atoms with Crippen LogP contribution in [0.15, 0.2) is 12.1 Å². The van der Waals surface area contributed by atoms with Crippen LogP contribution in [0.2, 0.25) is 0 Å². The Morgan fingerprint density at radius 1 is 1.33 bits per heavy atom. The van der Waals surface area contributed by atoms with Gasteiger partial charge in [-0.05, 0) is 45.4 Å². The van der Waals surface area contributed by atoms with Gasteiger partial charge in [-0.1, -0.05) is 0 Å². The van der Waals surface area contributed by atoms with E-state index < -0.39 is 29.2 Å². The Kier molecular flexibility index (Phi) is 5.66. The summed E-state index contributed by atoms with van der Waals surface area (Å²) in [6.45, 7) is 6.80. The topological polar surface area (TPSA) is 64.3 Å². The van der Waals surface area contributed by atoms with E-state index in [9.17, 15) is 13.6 Å². The van der Waals surface area contributed by atoms with Gasteiger partial charge in [-0.25, -0.2) is 13.6 Å². The number of alkyl carbamates (subject to hydrolysis) is 1. The first-order valence-corrected chi connectivity index (χ1v) is 6.76. The summed E-state index contributed by atoms with van der Waals surface area (Å²) in [6, 6.07) is 2.49. The van der Waals surface area contributed by atoms with Crippen LogP contribution in [0.25, 0.3) is 0 Å². The van der Waals surface area contributed by atoms with Crippen LogP contribution in [-0.2, 0) is 4.74 Å². The molecule has 0 saturated carbocycles. The highest BCUT2D eigenvalue weighted by Crippen LogP contribution is 2.23. The van der Waals surface area contributed by atoms with Gasteiger partial charge >= 0.3 is 6.09 Å². The van der Waals surface area contributed by atoms with Crippen molar-refractivity contribution in [2.75, 3.05) is 13.1 Å². The zero-order valence-corrected chi connectivity index (χ0v) is 12.8. The standard InChI is InChI=1S/C15H22F2N2O2/c1-9-5-11(16)13(12(17)6-9)10(7-18)8-19-14(20)21-15(2,3)4/h5-6,10H,7-8,18H2,1-4H3,(H,19,20). The zero-order chi connectivity index (χ0) is 16.2. The number of carbonyl (C=O) groups is 1. The fourth-order valence-electron chi connectivity index (χ4n) is 1.92. The maximum atomic E-state index is 13.9. The third-order valence-electron chi connectivity index (χ3n) is 2.81. The van der Waals surface area contributed by atoms with Gasteiger partial charge in [0.1, 0.15) is 17.2 Å². The first-order chi connectivity index (χ1) is 9.64. The van der Waals surface area contributed by atoms with Gasteiger partial charge in [0.05, 0.1) is 0 Å². The molecule has 0 spiro atoms. The second kappa shape index (κ2) is 6.85. The summed E-state index contributed by atoms with van der Waals surface area (Å²) in [5.41, 5.74) is 5.31. The molecule has 0 bridgehead atoms. The Morgan fingerprint density at radius 3 is 2.29 bits per heavy atom. The molecule has 1 aromatic rings. The lowest BCUT2D eigenvalue weighted by atomic mass is 9.96. The molecule has 6 heteroatoms. The van der Waals surface area contributed by atoms with E-state index in [0.717, 1.165) is 0 Å². The number of halogens is 2. The normalized spacial score (nSPS) is 12.9. The van der Waals surface area contributed by atoms with E-state index in [1.807, 2.05) is 0 Å². The molecule has 0 fully saturated rings. The number of nitrogens with two attached hydrogens (primary N) is 1. The highest BCUT2D eigenvalue weighted by molar-refractivity contribution is 5.67. The van der Waals surface area contributed by atoms with Crippen molar-refractivity contribution >= 4 is 6.09 Å².